The van der Waals surface area contributed by atoms with Crippen LogP contribution in [-0.2, 0) is 4.79 Å². The van der Waals surface area contributed by atoms with Gasteiger partial charge in [0.15, 0.2) is 0 Å². The highest BCUT2D eigenvalue weighted by atomic mass is 35.5. The highest BCUT2D eigenvalue weighted by molar-refractivity contribution is 6.30. The van der Waals surface area contributed by atoms with Crippen molar-refractivity contribution in [2.24, 2.45) is 22.9 Å². The Morgan fingerprint density at radius 1 is 1.07 bits per heavy atom. The Labute approximate surface area is 175 Å². The predicted molar refractivity (Wildman–Crippen MR) is 118 cm³/mol. The fourth-order valence-electron chi connectivity index (χ4n) is 3.18. The molecule has 0 saturated heterocycles. The lowest BCUT2D eigenvalue weighted by atomic mass is 9.95. The minimum Gasteiger partial charge on any atom is -0.388 e. The van der Waals surface area contributed by atoms with Crippen LogP contribution in [0.1, 0.15) is 59.6 Å². The summed E-state index contributed by atoms with van der Waals surface area (Å²) in [4.78, 5) is 15.1. The fourth-order valence-corrected chi connectivity index (χ4v) is 3.31. The number of halogens is 1. The van der Waals surface area contributed by atoms with Crippen LogP contribution in [0.3, 0.4) is 0 Å². The topological polar surface area (TPSA) is 64.9 Å². The molecule has 0 radical (unpaired) electrons. The van der Waals surface area contributed by atoms with Crippen LogP contribution in [-0.4, -0.2) is 41.3 Å². The average Bonchev–Trinajstić information content (AvgIpc) is 2.58. The zero-order chi connectivity index (χ0) is 21.3. The second kappa shape index (κ2) is 12.2. The summed E-state index contributed by atoms with van der Waals surface area (Å²) in [7, 11) is 0. The van der Waals surface area contributed by atoms with E-state index in [1.54, 1.807) is 24.3 Å². The third-order valence-corrected chi connectivity index (χ3v) is 4.50. The first-order valence-electron chi connectivity index (χ1n) is 10.0. The number of carbonyl (C=O) groups is 1. The highest BCUT2D eigenvalue weighted by Gasteiger charge is 2.26. The Balaban J connectivity index is 2.96. The van der Waals surface area contributed by atoms with E-state index in [0.717, 1.165) is 24.4 Å². The fraction of sp³-hybridized carbons (Fsp3) is 0.636. The monoisotopic (exact) mass is 409 g/mol. The molecule has 2 N–H and O–H groups in total. The van der Waals surface area contributed by atoms with E-state index in [1.165, 1.54) is 0 Å². The number of benzene rings is 1. The first kappa shape index (κ1) is 24.6. The van der Waals surface area contributed by atoms with Crippen molar-refractivity contribution in [1.29, 1.82) is 0 Å². The molecule has 6 heteroatoms. The van der Waals surface area contributed by atoms with Crippen LogP contribution in [0.5, 0.6) is 0 Å². The molecule has 0 aliphatic rings. The quantitative estimate of drug-likeness (QED) is 0.417. The number of aliphatic hydroxyl groups excluding tert-OH is 1. The molecule has 5 nitrogen and oxygen atoms in total. The van der Waals surface area contributed by atoms with E-state index < -0.39 is 6.10 Å². The maximum Gasteiger partial charge on any atom is 0.244 e. The summed E-state index contributed by atoms with van der Waals surface area (Å²) in [5.74, 6) is 0.470. The minimum absolute atomic E-state index is 0.160. The number of carbonyl (C=O) groups excluding carboxylic acids is 1. The van der Waals surface area contributed by atoms with Crippen LogP contribution in [0.15, 0.2) is 29.4 Å². The summed E-state index contributed by atoms with van der Waals surface area (Å²) in [5, 5.41) is 15.4. The van der Waals surface area contributed by atoms with Gasteiger partial charge in [0, 0.05) is 30.4 Å². The van der Waals surface area contributed by atoms with Gasteiger partial charge in [-0.1, -0.05) is 51.4 Å². The largest absolute Gasteiger partial charge is 0.388 e. The molecule has 1 aromatic rings. The molecule has 0 heterocycles. The van der Waals surface area contributed by atoms with Gasteiger partial charge >= 0.3 is 0 Å². The zero-order valence-corrected chi connectivity index (χ0v) is 18.8. The molecule has 0 fully saturated rings. The van der Waals surface area contributed by atoms with E-state index in [1.807, 2.05) is 13.8 Å². The lowest BCUT2D eigenvalue weighted by Gasteiger charge is -2.30. The second-order valence-corrected chi connectivity index (χ2v) is 8.98. The Morgan fingerprint density at radius 3 is 2.07 bits per heavy atom. The van der Waals surface area contributed by atoms with Crippen LogP contribution < -0.4 is 5.43 Å². The first-order chi connectivity index (χ1) is 13.1. The number of aliphatic hydroxyl groups is 1. The van der Waals surface area contributed by atoms with Crippen molar-refractivity contribution in [2.75, 3.05) is 19.6 Å². The molecule has 0 aromatic heterocycles. The maximum atomic E-state index is 12.8. The Hall–Kier alpha value is -1.43. The zero-order valence-electron chi connectivity index (χ0n) is 18.1. The second-order valence-electron chi connectivity index (χ2n) is 8.54. The smallest absolute Gasteiger partial charge is 0.244 e. The van der Waals surface area contributed by atoms with Gasteiger partial charge in [0.25, 0.3) is 0 Å². The SMILES string of the molecule is CC(C)=NNC(=O)C(CC(O)c1ccc(Cl)cc1)CN(CC(C)C)CC(C)C. The van der Waals surface area contributed by atoms with Crippen LogP contribution in [0, 0.1) is 17.8 Å². The molecule has 0 saturated carbocycles. The normalized spacial score (nSPS) is 13.7. The van der Waals surface area contributed by atoms with Crippen LogP contribution in [0.25, 0.3) is 0 Å². The Morgan fingerprint density at radius 2 is 1.61 bits per heavy atom. The van der Waals surface area contributed by atoms with Gasteiger partial charge in [0.2, 0.25) is 5.91 Å². The van der Waals surface area contributed by atoms with Crippen molar-refractivity contribution in [3.63, 3.8) is 0 Å². The summed E-state index contributed by atoms with van der Waals surface area (Å²) in [6, 6.07) is 7.11. The van der Waals surface area contributed by atoms with Crippen molar-refractivity contribution in [1.82, 2.24) is 10.3 Å². The van der Waals surface area contributed by atoms with Crippen molar-refractivity contribution in [2.45, 2.75) is 54.1 Å². The van der Waals surface area contributed by atoms with Gasteiger partial charge in [-0.15, -0.1) is 0 Å². The third kappa shape index (κ3) is 9.67. The molecule has 2 unspecified atom stereocenters. The third-order valence-electron chi connectivity index (χ3n) is 4.25. The molecule has 2 atom stereocenters. The standard InChI is InChI=1S/C22H36ClN3O2/c1-15(2)12-26(13-16(3)4)14-19(22(28)25-24-17(5)6)11-21(27)18-7-9-20(23)10-8-18/h7-10,15-16,19,21,27H,11-14H2,1-6H3,(H,25,28). The van der Waals surface area contributed by atoms with Crippen LogP contribution >= 0.6 is 11.6 Å². The number of nitrogens with one attached hydrogen (secondary N) is 1. The highest BCUT2D eigenvalue weighted by Crippen LogP contribution is 2.24. The summed E-state index contributed by atoms with van der Waals surface area (Å²) in [6.45, 7) is 14.8. The predicted octanol–water partition coefficient (Wildman–Crippen LogP) is 4.51. The van der Waals surface area contributed by atoms with Crippen molar-refractivity contribution >= 4 is 23.2 Å². The molecule has 28 heavy (non-hydrogen) atoms. The van der Waals surface area contributed by atoms with Crippen molar-refractivity contribution in [3.05, 3.63) is 34.9 Å². The van der Waals surface area contributed by atoms with E-state index >= 15 is 0 Å². The molecule has 0 aliphatic heterocycles. The van der Waals surface area contributed by atoms with Gasteiger partial charge in [0.05, 0.1) is 12.0 Å². The van der Waals surface area contributed by atoms with Gasteiger partial charge in [-0.3, -0.25) is 4.79 Å². The molecular formula is C22H36ClN3O2. The van der Waals surface area contributed by atoms with E-state index in [9.17, 15) is 9.90 Å². The number of rotatable bonds is 11. The summed E-state index contributed by atoms with van der Waals surface area (Å²) in [5.41, 5.74) is 4.19. The number of hydrogen-bond acceptors (Lipinski definition) is 4. The van der Waals surface area contributed by atoms with Gasteiger partial charge < -0.3 is 10.0 Å². The molecule has 0 bridgehead atoms. The molecule has 1 rings (SSSR count). The molecule has 1 amide bonds. The lowest BCUT2D eigenvalue weighted by molar-refractivity contribution is -0.126. The lowest BCUT2D eigenvalue weighted by Crippen LogP contribution is -2.41. The molecule has 158 valence electrons. The van der Waals surface area contributed by atoms with E-state index in [2.05, 4.69) is 43.1 Å². The van der Waals surface area contributed by atoms with Gasteiger partial charge in [0.1, 0.15) is 0 Å². The Bertz CT molecular complexity index is 615. The van der Waals surface area contributed by atoms with Gasteiger partial charge in [-0.25, -0.2) is 5.43 Å². The van der Waals surface area contributed by atoms with Crippen molar-refractivity contribution < 1.29 is 9.90 Å². The van der Waals surface area contributed by atoms with E-state index in [4.69, 9.17) is 11.6 Å². The number of nitrogens with zero attached hydrogens (tertiary/aromatic N) is 2. The van der Waals surface area contributed by atoms with Crippen LogP contribution in [0.2, 0.25) is 5.02 Å². The molecule has 0 spiro atoms. The summed E-state index contributed by atoms with van der Waals surface area (Å²) < 4.78 is 0. The average molecular weight is 410 g/mol. The first-order valence-corrected chi connectivity index (χ1v) is 10.4. The number of amides is 1. The van der Waals surface area contributed by atoms with Crippen LogP contribution in [0.4, 0.5) is 0 Å². The molecular weight excluding hydrogens is 374 g/mol. The van der Waals surface area contributed by atoms with Gasteiger partial charge in [-0.05, 0) is 49.8 Å². The number of hydrazone groups is 1. The Kier molecular flexibility index (Phi) is 10.7. The van der Waals surface area contributed by atoms with E-state index in [0.29, 0.717) is 29.8 Å². The van der Waals surface area contributed by atoms with Crippen molar-refractivity contribution in [3.8, 4) is 0 Å². The summed E-state index contributed by atoms with van der Waals surface area (Å²) in [6.07, 6.45) is -0.405. The minimum atomic E-state index is -0.736. The molecule has 1 aromatic carbocycles. The maximum absolute atomic E-state index is 12.8. The summed E-state index contributed by atoms with van der Waals surface area (Å²) >= 11 is 5.94. The number of hydrogen-bond donors (Lipinski definition) is 2. The molecule has 0 aliphatic carbocycles. The van der Waals surface area contributed by atoms with Gasteiger partial charge in [-0.2, -0.15) is 5.10 Å². The van der Waals surface area contributed by atoms with E-state index in [-0.39, 0.29) is 11.8 Å².